The number of rotatable bonds is 6. The van der Waals surface area contributed by atoms with Crippen LogP contribution in [0.4, 0.5) is 23.3 Å². The average Bonchev–Trinajstić information content (AvgIpc) is 3.86. The Kier molecular flexibility index (Phi) is 10.4. The molecule has 1 aromatic carbocycles. The summed E-state index contributed by atoms with van der Waals surface area (Å²) in [6.07, 6.45) is 13.8. The molecule has 10 rings (SSSR count). The Bertz CT molecular complexity index is 2450. The Balaban J connectivity index is 0.000000132. The topological polar surface area (TPSA) is 212 Å². The summed E-state index contributed by atoms with van der Waals surface area (Å²) in [6, 6.07) is 11.0. The third-order valence-corrected chi connectivity index (χ3v) is 9.12. The Morgan fingerprint density at radius 2 is 1.19 bits per heavy atom. The summed E-state index contributed by atoms with van der Waals surface area (Å²) in [4.78, 5) is 50.4. The molecule has 6 N–H and O–H groups in total. The van der Waals surface area contributed by atoms with E-state index in [0.29, 0.717) is 40.5 Å². The number of hydrogen-bond donors (Lipinski definition) is 6. The van der Waals surface area contributed by atoms with Crippen LogP contribution in [-0.2, 0) is 0 Å². The van der Waals surface area contributed by atoms with Crippen molar-refractivity contribution in [2.75, 3.05) is 16.0 Å². The van der Waals surface area contributed by atoms with E-state index in [1.54, 1.807) is 18.9 Å². The largest absolute Gasteiger partial charge is 0.365 e. The number of benzene rings is 1. The summed E-state index contributed by atoms with van der Waals surface area (Å²) in [6.45, 7) is 0. The highest BCUT2D eigenvalue weighted by atomic mass is 35.5. The number of imidazole rings is 3. The van der Waals surface area contributed by atoms with Gasteiger partial charge in [-0.15, -0.1) is 0 Å². The second kappa shape index (κ2) is 15.4. The van der Waals surface area contributed by atoms with Crippen LogP contribution in [0.2, 0.25) is 15.7 Å². The first-order valence-corrected chi connectivity index (χ1v) is 17.3. The van der Waals surface area contributed by atoms with Crippen molar-refractivity contribution in [3.05, 3.63) is 71.2 Å². The van der Waals surface area contributed by atoms with Crippen LogP contribution in [0, 0.1) is 0 Å². The zero-order valence-electron chi connectivity index (χ0n) is 26.7. The van der Waals surface area contributed by atoms with Gasteiger partial charge in [-0.3, -0.25) is 4.98 Å². The number of fused-ring (bicyclic) bond motifs is 4. The van der Waals surface area contributed by atoms with Crippen LogP contribution in [0.15, 0.2) is 55.5 Å². The number of hydrogen-bond acceptors (Lipinski definition) is 13. The quantitative estimate of drug-likeness (QED) is 0.0704. The lowest BCUT2D eigenvalue weighted by molar-refractivity contribution is 0.444. The van der Waals surface area contributed by atoms with Gasteiger partial charge in [-0.1, -0.05) is 25.1 Å². The van der Waals surface area contributed by atoms with Crippen molar-refractivity contribution in [3.8, 4) is 0 Å². The van der Waals surface area contributed by atoms with Crippen molar-refractivity contribution in [3.63, 3.8) is 0 Å². The lowest BCUT2D eigenvalue weighted by Crippen LogP contribution is -2.27. The molecule has 0 amide bonds. The Labute approximate surface area is 311 Å². The van der Waals surface area contributed by atoms with Gasteiger partial charge in [-0.2, -0.15) is 24.9 Å². The van der Waals surface area contributed by atoms with Crippen LogP contribution in [-0.4, -0.2) is 76.9 Å². The third kappa shape index (κ3) is 7.73. The summed E-state index contributed by atoms with van der Waals surface area (Å²) in [5.41, 5.74) is 5.91. The monoisotopic (exact) mass is 758 g/mol. The van der Waals surface area contributed by atoms with E-state index in [1.165, 1.54) is 44.9 Å². The van der Waals surface area contributed by atoms with Gasteiger partial charge in [0.1, 0.15) is 16.6 Å². The summed E-state index contributed by atoms with van der Waals surface area (Å²) in [5.74, 6) is 2.09. The molecule has 2 saturated carbocycles. The first kappa shape index (κ1) is 35.0. The molecule has 19 heteroatoms. The number of H-pyrrole nitrogens is 3. The molecule has 0 atom stereocenters. The van der Waals surface area contributed by atoms with Crippen LogP contribution in [0.5, 0.6) is 0 Å². The second-order valence-electron chi connectivity index (χ2n) is 11.9. The molecule has 266 valence electrons. The van der Waals surface area contributed by atoms with E-state index in [0.717, 1.165) is 39.3 Å². The Morgan fingerprint density at radius 3 is 1.83 bits per heavy atom. The molecule has 52 heavy (non-hydrogen) atoms. The van der Waals surface area contributed by atoms with E-state index in [-0.39, 0.29) is 23.1 Å². The van der Waals surface area contributed by atoms with Gasteiger partial charge in [0.05, 0.1) is 24.5 Å². The van der Waals surface area contributed by atoms with Gasteiger partial charge >= 0.3 is 0 Å². The Morgan fingerprint density at radius 1 is 0.615 bits per heavy atom. The smallest absolute Gasteiger partial charge is 0.231 e. The summed E-state index contributed by atoms with van der Waals surface area (Å²) in [5, 5.41) is 11.8. The Hall–Kier alpha value is -5.45. The van der Waals surface area contributed by atoms with E-state index >= 15 is 0 Å². The first-order chi connectivity index (χ1) is 24.9. The van der Waals surface area contributed by atoms with Gasteiger partial charge in [0, 0.05) is 29.4 Å². The first-order valence-electron chi connectivity index (χ1n) is 16.2. The normalized spacial score (nSPS) is 14.1. The van der Waals surface area contributed by atoms with Crippen molar-refractivity contribution in [1.82, 2.24) is 64.8 Å². The molecule has 0 bridgehead atoms. The van der Waals surface area contributed by atoms with Crippen LogP contribution in [0.3, 0.4) is 0 Å². The maximum Gasteiger partial charge on any atom is 0.231 e. The van der Waals surface area contributed by atoms with Crippen LogP contribution in [0.25, 0.3) is 44.4 Å². The van der Waals surface area contributed by atoms with Crippen LogP contribution >= 0.6 is 34.8 Å². The zero-order valence-corrected chi connectivity index (χ0v) is 29.0. The van der Waals surface area contributed by atoms with Crippen molar-refractivity contribution in [1.29, 1.82) is 0 Å². The van der Waals surface area contributed by atoms with E-state index < -0.39 is 0 Å². The van der Waals surface area contributed by atoms with Gasteiger partial charge in [0.25, 0.3) is 0 Å². The molecule has 0 saturated heterocycles. The van der Waals surface area contributed by atoms with E-state index in [2.05, 4.69) is 80.7 Å². The average molecular weight is 760 g/mol. The molecule has 8 aromatic rings. The van der Waals surface area contributed by atoms with Crippen LogP contribution < -0.4 is 16.0 Å². The molecule has 0 aliphatic heterocycles. The number of anilines is 4. The van der Waals surface area contributed by atoms with Crippen molar-refractivity contribution >= 4 is 102 Å². The van der Waals surface area contributed by atoms with Gasteiger partial charge in [-0.05, 0) is 86.0 Å². The fourth-order valence-corrected chi connectivity index (χ4v) is 6.04. The lowest BCUT2D eigenvalue weighted by Gasteiger charge is -2.27. The molecule has 0 radical (unpaired) electrons. The van der Waals surface area contributed by atoms with E-state index in [9.17, 15) is 0 Å². The molecule has 0 unspecified atom stereocenters. The maximum absolute atomic E-state index is 5.81. The molecule has 7 aromatic heterocycles. The number of aromatic amines is 3. The van der Waals surface area contributed by atoms with Gasteiger partial charge in [0.15, 0.2) is 33.7 Å². The highest BCUT2D eigenvalue weighted by molar-refractivity contribution is 6.35. The summed E-state index contributed by atoms with van der Waals surface area (Å²) >= 11 is 17.0. The zero-order chi connectivity index (χ0) is 34.7. The summed E-state index contributed by atoms with van der Waals surface area (Å²) < 4.78 is 0. The number of pyridine rings is 1. The molecule has 2 fully saturated rings. The molecule has 16 nitrogen and oxygen atoms in total. The fraction of sp³-hybridized carbons (Fsp3) is 0.273. The number of aromatic nitrogens is 13. The SMILES string of the molecule is C.Clc1nc(Cl)c2[nH]cnc2n1.Clc1nc(NC2CCC2)c2[nH]cnc2n1.c1cnc2ccc(Nc3nc(NC4CCC4)c4[nH]cnc4n3)cc2c1. The van der Waals surface area contributed by atoms with E-state index in [4.69, 9.17) is 34.8 Å². The predicted molar refractivity (Wildman–Crippen MR) is 204 cm³/mol. The fourth-order valence-electron chi connectivity index (χ4n) is 5.45. The minimum atomic E-state index is 0. The molecule has 7 heterocycles. The number of nitrogens with one attached hydrogen (secondary N) is 6. The molecule has 2 aliphatic carbocycles. The van der Waals surface area contributed by atoms with Crippen LogP contribution in [0.1, 0.15) is 46.0 Å². The molecule has 0 spiro atoms. The lowest BCUT2D eigenvalue weighted by atomic mass is 9.93. The van der Waals surface area contributed by atoms with Crippen molar-refractivity contribution < 1.29 is 0 Å². The number of halogens is 3. The maximum atomic E-state index is 5.81. The van der Waals surface area contributed by atoms with E-state index in [1.807, 2.05) is 30.3 Å². The number of nitrogens with zero attached hydrogens (tertiary/aromatic N) is 10. The molecular weight excluding hydrogens is 727 g/mol. The highest BCUT2D eigenvalue weighted by Gasteiger charge is 2.21. The predicted octanol–water partition coefficient (Wildman–Crippen LogP) is 7.88. The molecular formula is C33H33Cl3N16. The molecule has 2 aliphatic rings. The van der Waals surface area contributed by atoms with Gasteiger partial charge < -0.3 is 30.9 Å². The van der Waals surface area contributed by atoms with Gasteiger partial charge in [-0.25, -0.2) is 19.9 Å². The van der Waals surface area contributed by atoms with Crippen molar-refractivity contribution in [2.24, 2.45) is 0 Å². The third-order valence-electron chi connectivity index (χ3n) is 8.51. The second-order valence-corrected chi connectivity index (χ2v) is 12.9. The van der Waals surface area contributed by atoms with Crippen molar-refractivity contribution in [2.45, 2.75) is 58.0 Å². The summed E-state index contributed by atoms with van der Waals surface area (Å²) in [7, 11) is 0. The minimum absolute atomic E-state index is 0. The highest BCUT2D eigenvalue weighted by Crippen LogP contribution is 2.28. The minimum Gasteiger partial charge on any atom is -0.365 e. The van der Waals surface area contributed by atoms with Gasteiger partial charge in [0.2, 0.25) is 16.5 Å². The standard InChI is InChI=1S/C18H17N7.C9H10ClN5.C5H2Cl2N4.CH4/c1-4-12(5-1)22-17-15-16(21-10-20-15)24-18(25-17)23-13-6-7-14-11(9-13)3-2-8-19-14;10-9-14-7-6(11-4-12-7)8(15-9)13-5-2-1-3-5;6-3-2-4(9-1-8-2)11-5(7)10-3;/h2-3,6-10,12H,1,4-5H2,(H3,20,21,22,23,24,25);4-5H,1-3H2,(H2,11,12,13,14,15);1H,(H,8,9,10,11);1H4.